The molecule has 1 aliphatic rings. The number of carbonyl (C=O) groups excluding carboxylic acids is 1. The lowest BCUT2D eigenvalue weighted by Crippen LogP contribution is -2.11. The molecule has 0 spiro atoms. The fourth-order valence-corrected chi connectivity index (χ4v) is 2.76. The minimum atomic E-state index is -0.203. The average molecular weight is 260 g/mol. The van der Waals surface area contributed by atoms with E-state index in [2.05, 4.69) is 19.1 Å². The third kappa shape index (κ3) is 3.82. The molecule has 1 aliphatic carbocycles. The Hall–Kier alpha value is -1.31. The van der Waals surface area contributed by atoms with Crippen LogP contribution in [0.2, 0.25) is 0 Å². The Morgan fingerprint density at radius 1 is 1.16 bits per heavy atom. The van der Waals surface area contributed by atoms with Gasteiger partial charge in [0.15, 0.2) is 0 Å². The van der Waals surface area contributed by atoms with Gasteiger partial charge < -0.3 is 4.74 Å². The van der Waals surface area contributed by atoms with E-state index in [4.69, 9.17) is 4.74 Å². The van der Waals surface area contributed by atoms with Gasteiger partial charge >= 0.3 is 5.97 Å². The van der Waals surface area contributed by atoms with Crippen LogP contribution in [0, 0.1) is 5.92 Å². The van der Waals surface area contributed by atoms with Gasteiger partial charge in [-0.25, -0.2) is 4.79 Å². The highest BCUT2D eigenvalue weighted by atomic mass is 16.5. The molecule has 0 saturated heterocycles. The van der Waals surface area contributed by atoms with Crippen LogP contribution in [-0.2, 0) is 4.74 Å². The summed E-state index contributed by atoms with van der Waals surface area (Å²) in [5.41, 5.74) is 2.04. The van der Waals surface area contributed by atoms with E-state index in [0.717, 1.165) is 12.3 Å². The highest BCUT2D eigenvalue weighted by molar-refractivity contribution is 5.89. The van der Waals surface area contributed by atoms with Crippen molar-refractivity contribution in [2.45, 2.75) is 51.9 Å². The molecule has 2 heteroatoms. The minimum absolute atomic E-state index is 0.203. The Labute approximate surface area is 116 Å². The van der Waals surface area contributed by atoms with E-state index in [1.54, 1.807) is 0 Å². The molecule has 104 valence electrons. The molecule has 1 aromatic rings. The molecule has 1 saturated carbocycles. The summed E-state index contributed by atoms with van der Waals surface area (Å²) in [6, 6.07) is 8.02. The van der Waals surface area contributed by atoms with Crippen LogP contribution in [0.4, 0.5) is 0 Å². The highest BCUT2D eigenvalue weighted by Gasteiger charge is 2.19. The summed E-state index contributed by atoms with van der Waals surface area (Å²) in [5.74, 6) is 1.35. The normalized spacial score (nSPS) is 23.1. The predicted octanol–water partition coefficient (Wildman–Crippen LogP) is 4.55. The zero-order chi connectivity index (χ0) is 13.7. The second-order valence-electron chi connectivity index (χ2n) is 5.71. The molecule has 0 atom stereocenters. The third-order valence-electron chi connectivity index (χ3n) is 4.07. The highest BCUT2D eigenvalue weighted by Crippen LogP contribution is 2.35. The van der Waals surface area contributed by atoms with Gasteiger partial charge in [-0.2, -0.15) is 0 Å². The van der Waals surface area contributed by atoms with Crippen LogP contribution in [0.5, 0.6) is 0 Å². The first kappa shape index (κ1) is 14.1. The molecule has 19 heavy (non-hydrogen) atoms. The zero-order valence-corrected chi connectivity index (χ0v) is 12.0. The van der Waals surface area contributed by atoms with Crippen LogP contribution in [0.25, 0.3) is 0 Å². The molecule has 0 radical (unpaired) electrons. The molecule has 2 rings (SSSR count). The van der Waals surface area contributed by atoms with Gasteiger partial charge in [-0.1, -0.05) is 38.8 Å². The molecule has 1 fully saturated rings. The number of hydrogen-bond acceptors (Lipinski definition) is 2. The van der Waals surface area contributed by atoms with E-state index in [9.17, 15) is 4.79 Å². The van der Waals surface area contributed by atoms with Crippen LogP contribution in [0.3, 0.4) is 0 Å². The summed E-state index contributed by atoms with van der Waals surface area (Å²) in [6.45, 7) is 4.84. The van der Waals surface area contributed by atoms with Gasteiger partial charge in [-0.05, 0) is 48.8 Å². The summed E-state index contributed by atoms with van der Waals surface area (Å²) in [6.07, 6.45) is 6.07. The summed E-state index contributed by atoms with van der Waals surface area (Å²) in [5, 5.41) is 0. The zero-order valence-electron chi connectivity index (χ0n) is 12.0. The number of ether oxygens (including phenoxy) is 1. The van der Waals surface area contributed by atoms with Crippen molar-refractivity contribution < 1.29 is 9.53 Å². The quantitative estimate of drug-likeness (QED) is 0.742. The maximum absolute atomic E-state index is 11.7. The van der Waals surface area contributed by atoms with E-state index in [1.165, 1.54) is 31.2 Å². The van der Waals surface area contributed by atoms with Gasteiger partial charge in [0.2, 0.25) is 0 Å². The maximum Gasteiger partial charge on any atom is 0.338 e. The van der Waals surface area contributed by atoms with Crippen LogP contribution >= 0.6 is 0 Å². The van der Waals surface area contributed by atoms with Crippen LogP contribution < -0.4 is 0 Å². The Kier molecular flexibility index (Phi) is 5.00. The first-order chi connectivity index (χ1) is 9.20. The summed E-state index contributed by atoms with van der Waals surface area (Å²) >= 11 is 0. The third-order valence-corrected chi connectivity index (χ3v) is 4.07. The molecular weight excluding hydrogens is 236 g/mol. The van der Waals surface area contributed by atoms with E-state index >= 15 is 0 Å². The van der Waals surface area contributed by atoms with Gasteiger partial charge in [0.1, 0.15) is 0 Å². The number of benzene rings is 1. The second-order valence-corrected chi connectivity index (χ2v) is 5.71. The molecule has 0 unspecified atom stereocenters. The van der Waals surface area contributed by atoms with Crippen molar-refractivity contribution >= 4 is 5.97 Å². The Balaban J connectivity index is 1.96. The van der Waals surface area contributed by atoms with E-state index in [-0.39, 0.29) is 5.97 Å². The number of esters is 1. The minimum Gasteiger partial charge on any atom is -0.462 e. The molecule has 0 heterocycles. The molecule has 2 nitrogen and oxygen atoms in total. The van der Waals surface area contributed by atoms with Crippen molar-refractivity contribution in [2.24, 2.45) is 5.92 Å². The molecule has 0 aromatic heterocycles. The SMILES string of the molecule is CCCOC(=O)c1ccc(C2CCC(C)CC2)cc1. The van der Waals surface area contributed by atoms with Crippen molar-refractivity contribution in [1.29, 1.82) is 0 Å². The second kappa shape index (κ2) is 6.74. The lowest BCUT2D eigenvalue weighted by molar-refractivity contribution is 0.0505. The molecule has 0 aliphatic heterocycles. The van der Waals surface area contributed by atoms with Gasteiger partial charge in [-0.15, -0.1) is 0 Å². The van der Waals surface area contributed by atoms with Crippen LogP contribution in [0.15, 0.2) is 24.3 Å². The van der Waals surface area contributed by atoms with Crippen molar-refractivity contribution in [2.75, 3.05) is 6.61 Å². The van der Waals surface area contributed by atoms with E-state index in [1.807, 2.05) is 19.1 Å². The fraction of sp³-hybridized carbons (Fsp3) is 0.588. The largest absolute Gasteiger partial charge is 0.462 e. The van der Waals surface area contributed by atoms with Crippen molar-refractivity contribution in [3.8, 4) is 0 Å². The van der Waals surface area contributed by atoms with Crippen LogP contribution in [-0.4, -0.2) is 12.6 Å². The molecule has 0 bridgehead atoms. The topological polar surface area (TPSA) is 26.3 Å². The smallest absolute Gasteiger partial charge is 0.338 e. The van der Waals surface area contributed by atoms with E-state index in [0.29, 0.717) is 18.1 Å². The monoisotopic (exact) mass is 260 g/mol. The van der Waals surface area contributed by atoms with Gasteiger partial charge in [0, 0.05) is 0 Å². The molecule has 1 aromatic carbocycles. The van der Waals surface area contributed by atoms with Crippen molar-refractivity contribution in [3.05, 3.63) is 35.4 Å². The fourth-order valence-electron chi connectivity index (χ4n) is 2.76. The van der Waals surface area contributed by atoms with E-state index < -0.39 is 0 Å². The molecular formula is C17H24O2. The van der Waals surface area contributed by atoms with Gasteiger partial charge in [0.25, 0.3) is 0 Å². The van der Waals surface area contributed by atoms with Gasteiger partial charge in [0.05, 0.1) is 12.2 Å². The number of hydrogen-bond donors (Lipinski definition) is 0. The number of carbonyl (C=O) groups is 1. The lowest BCUT2D eigenvalue weighted by Gasteiger charge is -2.26. The Morgan fingerprint density at radius 3 is 2.37 bits per heavy atom. The summed E-state index contributed by atoms with van der Waals surface area (Å²) in [4.78, 5) is 11.7. The number of rotatable bonds is 4. The Morgan fingerprint density at radius 2 is 1.79 bits per heavy atom. The Bertz CT molecular complexity index is 400. The first-order valence-corrected chi connectivity index (χ1v) is 7.47. The molecule has 0 amide bonds. The summed E-state index contributed by atoms with van der Waals surface area (Å²) in [7, 11) is 0. The lowest BCUT2D eigenvalue weighted by atomic mass is 9.79. The average Bonchev–Trinajstić information content (AvgIpc) is 2.46. The molecule has 0 N–H and O–H groups in total. The van der Waals surface area contributed by atoms with Gasteiger partial charge in [-0.3, -0.25) is 0 Å². The van der Waals surface area contributed by atoms with Crippen molar-refractivity contribution in [3.63, 3.8) is 0 Å². The standard InChI is InChI=1S/C17H24O2/c1-3-12-19-17(18)16-10-8-15(9-11-16)14-6-4-13(2)5-7-14/h8-11,13-14H,3-7,12H2,1-2H3. The summed E-state index contributed by atoms with van der Waals surface area (Å²) < 4.78 is 5.14. The first-order valence-electron chi connectivity index (χ1n) is 7.47. The predicted molar refractivity (Wildman–Crippen MR) is 77.4 cm³/mol. The van der Waals surface area contributed by atoms with Crippen LogP contribution in [0.1, 0.15) is 67.8 Å². The maximum atomic E-state index is 11.7. The van der Waals surface area contributed by atoms with Crippen molar-refractivity contribution in [1.82, 2.24) is 0 Å².